The van der Waals surface area contributed by atoms with Crippen molar-refractivity contribution >= 4 is 27.0 Å². The van der Waals surface area contributed by atoms with Crippen molar-refractivity contribution < 1.29 is 13.2 Å². The average Bonchev–Trinajstić information content (AvgIpc) is 2.85. The van der Waals surface area contributed by atoms with Gasteiger partial charge in [-0.3, -0.25) is 4.79 Å². The van der Waals surface area contributed by atoms with Gasteiger partial charge in [-0.15, -0.1) is 0 Å². The number of fused-ring (bicyclic) bond motifs is 1. The van der Waals surface area contributed by atoms with E-state index in [1.165, 1.54) is 26.2 Å². The number of hydrogen-bond donors (Lipinski definition) is 0. The van der Waals surface area contributed by atoms with Crippen molar-refractivity contribution in [2.75, 3.05) is 14.1 Å². The van der Waals surface area contributed by atoms with E-state index in [0.717, 1.165) is 14.7 Å². The minimum absolute atomic E-state index is 0.0343. The predicted octanol–water partition coefficient (Wildman–Crippen LogP) is 1.55. The van der Waals surface area contributed by atoms with Crippen LogP contribution in [0.4, 0.5) is 0 Å². The van der Waals surface area contributed by atoms with E-state index in [2.05, 4.69) is 4.98 Å². The highest BCUT2D eigenvalue weighted by Gasteiger charge is 2.24. The first-order valence-corrected chi connectivity index (χ1v) is 8.11. The standard InChI is InChI=1S/C14H16N4O3S/c1-4-5-13(19)10-6-7-12-11(8-10)16-14(9-15)18(12)22(20,21)17(2)3/h6-8H,4-5H2,1-3H3. The van der Waals surface area contributed by atoms with Crippen LogP contribution >= 0.6 is 0 Å². The molecule has 0 aliphatic carbocycles. The van der Waals surface area contributed by atoms with Crippen molar-refractivity contribution in [1.82, 2.24) is 13.3 Å². The summed E-state index contributed by atoms with van der Waals surface area (Å²) in [5.41, 5.74) is 1.05. The second-order valence-corrected chi connectivity index (χ2v) is 6.97. The summed E-state index contributed by atoms with van der Waals surface area (Å²) < 4.78 is 26.6. The Morgan fingerprint density at radius 2 is 2.09 bits per heavy atom. The van der Waals surface area contributed by atoms with Crippen LogP contribution in [0.25, 0.3) is 11.0 Å². The molecule has 1 aromatic heterocycles. The molecule has 0 bridgehead atoms. The molecule has 116 valence electrons. The van der Waals surface area contributed by atoms with Crippen molar-refractivity contribution in [1.29, 1.82) is 5.26 Å². The number of Topliss-reactive ketones (excluding diaryl/α,β-unsaturated/α-hetero) is 1. The van der Waals surface area contributed by atoms with Crippen molar-refractivity contribution in [3.05, 3.63) is 29.6 Å². The number of benzene rings is 1. The Kier molecular flexibility index (Phi) is 4.30. The van der Waals surface area contributed by atoms with Crippen LogP contribution in [0, 0.1) is 11.3 Å². The zero-order valence-electron chi connectivity index (χ0n) is 12.6. The van der Waals surface area contributed by atoms with E-state index in [4.69, 9.17) is 5.26 Å². The Morgan fingerprint density at radius 3 is 2.64 bits per heavy atom. The normalized spacial score (nSPS) is 11.8. The summed E-state index contributed by atoms with van der Waals surface area (Å²) in [4.78, 5) is 16.0. The van der Waals surface area contributed by atoms with Gasteiger partial charge in [-0.1, -0.05) is 6.92 Å². The topological polar surface area (TPSA) is 96.1 Å². The Hall–Kier alpha value is -2.24. The molecule has 0 saturated carbocycles. The summed E-state index contributed by atoms with van der Waals surface area (Å²) in [6.07, 6.45) is 1.14. The largest absolute Gasteiger partial charge is 0.309 e. The number of hydrogen-bond acceptors (Lipinski definition) is 5. The van der Waals surface area contributed by atoms with Crippen LogP contribution in [-0.4, -0.2) is 41.6 Å². The van der Waals surface area contributed by atoms with Crippen LogP contribution in [0.3, 0.4) is 0 Å². The fraction of sp³-hybridized carbons (Fsp3) is 0.357. The van der Waals surface area contributed by atoms with Crippen molar-refractivity contribution in [2.24, 2.45) is 0 Å². The fourth-order valence-corrected chi connectivity index (χ4v) is 3.10. The van der Waals surface area contributed by atoms with Gasteiger partial charge in [0.25, 0.3) is 0 Å². The number of ketones is 1. The molecule has 0 aliphatic rings. The highest BCUT2D eigenvalue weighted by atomic mass is 32.2. The fourth-order valence-electron chi connectivity index (χ4n) is 2.07. The van der Waals surface area contributed by atoms with E-state index in [1.807, 2.05) is 6.92 Å². The SMILES string of the molecule is CCCC(=O)c1ccc2c(c1)nc(C#N)n2S(=O)(=O)N(C)C. The lowest BCUT2D eigenvalue weighted by atomic mass is 10.1. The van der Waals surface area contributed by atoms with Gasteiger partial charge in [0.15, 0.2) is 5.78 Å². The zero-order valence-corrected chi connectivity index (χ0v) is 13.4. The van der Waals surface area contributed by atoms with Gasteiger partial charge in [0.05, 0.1) is 11.0 Å². The van der Waals surface area contributed by atoms with Crippen molar-refractivity contribution in [3.63, 3.8) is 0 Å². The van der Waals surface area contributed by atoms with Gasteiger partial charge in [0.1, 0.15) is 6.07 Å². The summed E-state index contributed by atoms with van der Waals surface area (Å²) >= 11 is 0. The summed E-state index contributed by atoms with van der Waals surface area (Å²) in [6.45, 7) is 1.91. The first kappa shape index (κ1) is 16.1. The number of aromatic nitrogens is 2. The van der Waals surface area contributed by atoms with Crippen LogP contribution in [0.15, 0.2) is 18.2 Å². The molecule has 2 aromatic rings. The summed E-state index contributed by atoms with van der Waals surface area (Å²) in [7, 11) is -1.11. The van der Waals surface area contributed by atoms with E-state index in [-0.39, 0.29) is 17.1 Å². The van der Waals surface area contributed by atoms with Gasteiger partial charge in [-0.05, 0) is 24.6 Å². The molecule has 0 atom stereocenters. The number of nitriles is 1. The van der Waals surface area contributed by atoms with Crippen molar-refractivity contribution in [2.45, 2.75) is 19.8 Å². The average molecular weight is 320 g/mol. The number of nitrogens with zero attached hydrogens (tertiary/aromatic N) is 4. The van der Waals surface area contributed by atoms with E-state index in [9.17, 15) is 13.2 Å². The molecule has 0 radical (unpaired) electrons. The van der Waals surface area contributed by atoms with Crippen LogP contribution in [0.5, 0.6) is 0 Å². The Labute approximate surface area is 129 Å². The zero-order chi connectivity index (χ0) is 16.5. The van der Waals surface area contributed by atoms with Gasteiger partial charge < -0.3 is 0 Å². The van der Waals surface area contributed by atoms with E-state index < -0.39 is 10.2 Å². The molecule has 22 heavy (non-hydrogen) atoms. The number of rotatable bonds is 5. The molecule has 0 spiro atoms. The second kappa shape index (κ2) is 5.87. The Balaban J connectivity index is 2.70. The quantitative estimate of drug-likeness (QED) is 0.779. The molecule has 1 heterocycles. The molecule has 0 fully saturated rings. The minimum Gasteiger partial charge on any atom is -0.294 e. The highest BCUT2D eigenvalue weighted by molar-refractivity contribution is 7.87. The van der Waals surface area contributed by atoms with Gasteiger partial charge in [0, 0.05) is 26.1 Å². The summed E-state index contributed by atoms with van der Waals surface area (Å²) in [5.74, 6) is -0.267. The van der Waals surface area contributed by atoms with Gasteiger partial charge in [0.2, 0.25) is 5.82 Å². The number of carbonyl (C=O) groups excluding carboxylic acids is 1. The maximum atomic E-state index is 12.3. The molecule has 0 amide bonds. The van der Waals surface area contributed by atoms with Gasteiger partial charge in [-0.25, -0.2) is 4.98 Å². The third-order valence-electron chi connectivity index (χ3n) is 3.20. The summed E-state index contributed by atoms with van der Waals surface area (Å²) in [5, 5.41) is 9.14. The highest BCUT2D eigenvalue weighted by Crippen LogP contribution is 2.21. The van der Waals surface area contributed by atoms with Gasteiger partial charge in [-0.2, -0.15) is 22.0 Å². The van der Waals surface area contributed by atoms with Crippen LogP contribution in [0.2, 0.25) is 0 Å². The second-order valence-electron chi connectivity index (χ2n) is 4.98. The molecule has 8 heteroatoms. The molecule has 0 aliphatic heterocycles. The Bertz CT molecular complexity index is 875. The molecular weight excluding hydrogens is 304 g/mol. The lowest BCUT2D eigenvalue weighted by Crippen LogP contribution is -2.29. The molecule has 2 rings (SSSR count). The first-order valence-electron chi connectivity index (χ1n) is 6.71. The molecule has 1 aromatic carbocycles. The van der Waals surface area contributed by atoms with E-state index in [0.29, 0.717) is 17.5 Å². The predicted molar refractivity (Wildman–Crippen MR) is 81.7 cm³/mol. The lowest BCUT2D eigenvalue weighted by Gasteiger charge is -2.13. The maximum Gasteiger partial charge on any atom is 0.309 e. The number of carbonyl (C=O) groups is 1. The van der Waals surface area contributed by atoms with E-state index >= 15 is 0 Å². The third kappa shape index (κ3) is 2.61. The smallest absolute Gasteiger partial charge is 0.294 e. The molecule has 0 N–H and O–H groups in total. The third-order valence-corrected chi connectivity index (χ3v) is 4.96. The van der Waals surface area contributed by atoms with Crippen LogP contribution in [-0.2, 0) is 10.2 Å². The van der Waals surface area contributed by atoms with Crippen molar-refractivity contribution in [3.8, 4) is 6.07 Å². The number of imidazole rings is 1. The molecule has 7 nitrogen and oxygen atoms in total. The molecular formula is C14H16N4O3S. The van der Waals surface area contributed by atoms with Crippen LogP contribution < -0.4 is 0 Å². The van der Waals surface area contributed by atoms with Gasteiger partial charge >= 0.3 is 10.2 Å². The Morgan fingerprint density at radius 1 is 1.41 bits per heavy atom. The lowest BCUT2D eigenvalue weighted by molar-refractivity contribution is 0.0982. The summed E-state index contributed by atoms with van der Waals surface area (Å²) in [6, 6.07) is 6.37. The molecule has 0 saturated heterocycles. The first-order chi connectivity index (χ1) is 10.3. The van der Waals surface area contributed by atoms with Crippen LogP contribution in [0.1, 0.15) is 35.9 Å². The molecule has 0 unspecified atom stereocenters. The van der Waals surface area contributed by atoms with E-state index in [1.54, 1.807) is 12.1 Å². The monoisotopic (exact) mass is 320 g/mol. The minimum atomic E-state index is -3.87. The maximum absolute atomic E-state index is 12.3.